The second-order valence-corrected chi connectivity index (χ2v) is 7.99. The van der Waals surface area contributed by atoms with Crippen LogP contribution in [0.1, 0.15) is 19.4 Å². The van der Waals surface area contributed by atoms with Crippen molar-refractivity contribution < 1.29 is 9.18 Å². The Morgan fingerprint density at radius 2 is 1.60 bits per heavy atom. The zero-order chi connectivity index (χ0) is 21.1. The normalized spacial score (nSPS) is 14.6. The number of hydrogen-bond donors (Lipinski definition) is 0. The number of nitrogens with zero attached hydrogens (tertiary/aromatic N) is 4. The van der Waals surface area contributed by atoms with Gasteiger partial charge in [0.25, 0.3) is 0 Å². The van der Waals surface area contributed by atoms with Crippen molar-refractivity contribution in [3.8, 4) is 11.4 Å². The molecule has 0 saturated carbocycles. The molecule has 0 unspecified atom stereocenters. The standard InChI is InChI=1S/C24H25FN4O/c1-24(2,19-10-6-7-11-20(19)25)23(30)29-16-14-28(15-17-29)21-12-13-26-22(27-21)18-8-4-3-5-9-18/h3-13H,14-17H2,1-2H3. The fraction of sp³-hybridized carbons (Fsp3) is 0.292. The van der Waals surface area contributed by atoms with E-state index in [4.69, 9.17) is 4.98 Å². The molecule has 0 bridgehead atoms. The molecule has 30 heavy (non-hydrogen) atoms. The molecule has 2 heterocycles. The van der Waals surface area contributed by atoms with Crippen molar-refractivity contribution in [2.24, 2.45) is 0 Å². The number of amides is 1. The molecule has 6 heteroatoms. The van der Waals surface area contributed by atoms with E-state index in [9.17, 15) is 9.18 Å². The molecule has 5 nitrogen and oxygen atoms in total. The van der Waals surface area contributed by atoms with Crippen molar-refractivity contribution in [2.45, 2.75) is 19.3 Å². The predicted octanol–water partition coefficient (Wildman–Crippen LogP) is 3.91. The first-order valence-electron chi connectivity index (χ1n) is 10.1. The second kappa shape index (κ2) is 8.22. The molecular formula is C24H25FN4O. The summed E-state index contributed by atoms with van der Waals surface area (Å²) in [5.41, 5.74) is 0.489. The fourth-order valence-corrected chi connectivity index (χ4v) is 3.87. The maximum atomic E-state index is 14.3. The molecule has 1 saturated heterocycles. The molecule has 2 aromatic carbocycles. The summed E-state index contributed by atoms with van der Waals surface area (Å²) in [4.78, 5) is 26.2. The zero-order valence-corrected chi connectivity index (χ0v) is 17.3. The van der Waals surface area contributed by atoms with E-state index in [1.54, 1.807) is 38.2 Å². The number of anilines is 1. The smallest absolute Gasteiger partial charge is 0.232 e. The van der Waals surface area contributed by atoms with E-state index in [2.05, 4.69) is 9.88 Å². The highest BCUT2D eigenvalue weighted by Crippen LogP contribution is 2.29. The molecule has 1 aromatic heterocycles. The topological polar surface area (TPSA) is 49.3 Å². The number of piperazine rings is 1. The third-order valence-electron chi connectivity index (χ3n) is 5.65. The Bertz CT molecular complexity index is 1030. The molecule has 1 aliphatic rings. The molecule has 0 aliphatic carbocycles. The molecule has 0 atom stereocenters. The molecule has 0 radical (unpaired) electrons. The first kappa shape index (κ1) is 20.0. The predicted molar refractivity (Wildman–Crippen MR) is 116 cm³/mol. The minimum atomic E-state index is -0.914. The Morgan fingerprint density at radius 1 is 0.933 bits per heavy atom. The summed E-state index contributed by atoms with van der Waals surface area (Å²) in [6.45, 7) is 6.06. The number of halogens is 1. The summed E-state index contributed by atoms with van der Waals surface area (Å²) < 4.78 is 14.3. The lowest BCUT2D eigenvalue weighted by Crippen LogP contribution is -2.53. The number of benzene rings is 2. The summed E-state index contributed by atoms with van der Waals surface area (Å²) in [6.07, 6.45) is 1.77. The Hall–Kier alpha value is -3.28. The lowest BCUT2D eigenvalue weighted by molar-refractivity contribution is -0.136. The van der Waals surface area contributed by atoms with Gasteiger partial charge in [0.15, 0.2) is 5.82 Å². The maximum Gasteiger partial charge on any atom is 0.232 e. The van der Waals surface area contributed by atoms with Crippen LogP contribution in [-0.4, -0.2) is 47.0 Å². The van der Waals surface area contributed by atoms with E-state index >= 15 is 0 Å². The molecule has 1 fully saturated rings. The molecule has 1 amide bonds. The van der Waals surface area contributed by atoms with Crippen LogP contribution in [0.3, 0.4) is 0 Å². The summed E-state index contributed by atoms with van der Waals surface area (Å²) in [5.74, 6) is 1.14. The largest absolute Gasteiger partial charge is 0.353 e. The zero-order valence-electron chi connectivity index (χ0n) is 17.3. The van der Waals surface area contributed by atoms with Crippen LogP contribution >= 0.6 is 0 Å². The molecule has 3 aromatic rings. The van der Waals surface area contributed by atoms with Crippen LogP contribution in [0.4, 0.5) is 10.2 Å². The Morgan fingerprint density at radius 3 is 2.30 bits per heavy atom. The van der Waals surface area contributed by atoms with Gasteiger partial charge in [-0.3, -0.25) is 4.79 Å². The van der Waals surface area contributed by atoms with Crippen LogP contribution in [0.25, 0.3) is 11.4 Å². The van der Waals surface area contributed by atoms with Gasteiger partial charge >= 0.3 is 0 Å². The Labute approximate surface area is 176 Å². The van der Waals surface area contributed by atoms with Crippen molar-refractivity contribution in [2.75, 3.05) is 31.1 Å². The van der Waals surface area contributed by atoms with Crippen LogP contribution < -0.4 is 4.90 Å². The summed E-state index contributed by atoms with van der Waals surface area (Å²) >= 11 is 0. The van der Waals surface area contributed by atoms with Crippen LogP contribution in [0, 0.1) is 5.82 Å². The van der Waals surface area contributed by atoms with E-state index in [-0.39, 0.29) is 11.7 Å². The van der Waals surface area contributed by atoms with Crippen LogP contribution in [-0.2, 0) is 10.2 Å². The van der Waals surface area contributed by atoms with Gasteiger partial charge in [0, 0.05) is 43.5 Å². The molecule has 1 aliphatic heterocycles. The quantitative estimate of drug-likeness (QED) is 0.662. The van der Waals surface area contributed by atoms with E-state index in [0.29, 0.717) is 37.6 Å². The third kappa shape index (κ3) is 3.90. The van der Waals surface area contributed by atoms with Gasteiger partial charge < -0.3 is 9.80 Å². The third-order valence-corrected chi connectivity index (χ3v) is 5.65. The minimum Gasteiger partial charge on any atom is -0.353 e. The van der Waals surface area contributed by atoms with Gasteiger partial charge in [-0.05, 0) is 26.0 Å². The first-order chi connectivity index (χ1) is 14.5. The summed E-state index contributed by atoms with van der Waals surface area (Å²) in [5, 5.41) is 0. The van der Waals surface area contributed by atoms with Gasteiger partial charge in [-0.1, -0.05) is 48.5 Å². The first-order valence-corrected chi connectivity index (χ1v) is 10.1. The lowest BCUT2D eigenvalue weighted by Gasteiger charge is -2.39. The average Bonchev–Trinajstić information content (AvgIpc) is 2.79. The van der Waals surface area contributed by atoms with Gasteiger partial charge in [-0.15, -0.1) is 0 Å². The second-order valence-electron chi connectivity index (χ2n) is 7.99. The van der Waals surface area contributed by atoms with Gasteiger partial charge in [0.05, 0.1) is 5.41 Å². The van der Waals surface area contributed by atoms with E-state index in [1.807, 2.05) is 41.3 Å². The summed E-state index contributed by atoms with van der Waals surface area (Å²) in [7, 11) is 0. The molecule has 0 N–H and O–H groups in total. The Balaban J connectivity index is 1.45. The maximum absolute atomic E-state index is 14.3. The van der Waals surface area contributed by atoms with Gasteiger partial charge in [-0.2, -0.15) is 0 Å². The highest BCUT2D eigenvalue weighted by molar-refractivity contribution is 5.87. The van der Waals surface area contributed by atoms with Crippen LogP contribution in [0.15, 0.2) is 66.9 Å². The number of hydrogen-bond acceptors (Lipinski definition) is 4. The van der Waals surface area contributed by atoms with Crippen molar-refractivity contribution >= 4 is 11.7 Å². The molecule has 154 valence electrons. The SMILES string of the molecule is CC(C)(C(=O)N1CCN(c2ccnc(-c3ccccc3)n2)CC1)c1ccccc1F. The van der Waals surface area contributed by atoms with E-state index in [1.165, 1.54) is 6.07 Å². The van der Waals surface area contributed by atoms with Gasteiger partial charge in [0.1, 0.15) is 11.6 Å². The monoisotopic (exact) mass is 404 g/mol. The number of carbonyl (C=O) groups is 1. The van der Waals surface area contributed by atoms with Gasteiger partial charge in [0.2, 0.25) is 5.91 Å². The molecule has 4 rings (SSSR count). The highest BCUT2D eigenvalue weighted by Gasteiger charge is 2.37. The van der Waals surface area contributed by atoms with Crippen LogP contribution in [0.2, 0.25) is 0 Å². The summed E-state index contributed by atoms with van der Waals surface area (Å²) in [6, 6.07) is 18.3. The molecule has 0 spiro atoms. The van der Waals surface area contributed by atoms with Crippen molar-refractivity contribution in [1.29, 1.82) is 0 Å². The van der Waals surface area contributed by atoms with Crippen LogP contribution in [0.5, 0.6) is 0 Å². The van der Waals surface area contributed by atoms with Crippen molar-refractivity contribution in [3.63, 3.8) is 0 Å². The minimum absolute atomic E-state index is 0.0556. The molecular weight excluding hydrogens is 379 g/mol. The van der Waals surface area contributed by atoms with E-state index < -0.39 is 5.41 Å². The highest BCUT2D eigenvalue weighted by atomic mass is 19.1. The van der Waals surface area contributed by atoms with E-state index in [0.717, 1.165) is 11.4 Å². The Kier molecular flexibility index (Phi) is 5.48. The van der Waals surface area contributed by atoms with Crippen molar-refractivity contribution in [3.05, 3.63) is 78.2 Å². The fourth-order valence-electron chi connectivity index (χ4n) is 3.87. The number of aromatic nitrogens is 2. The number of carbonyl (C=O) groups excluding carboxylic acids is 1. The average molecular weight is 404 g/mol. The van der Waals surface area contributed by atoms with Crippen molar-refractivity contribution in [1.82, 2.24) is 14.9 Å². The lowest BCUT2D eigenvalue weighted by atomic mass is 9.82. The van der Waals surface area contributed by atoms with Gasteiger partial charge in [-0.25, -0.2) is 14.4 Å². The number of rotatable bonds is 4.